The lowest BCUT2D eigenvalue weighted by Crippen LogP contribution is -2.42. The molecular weight excluding hydrogens is 236 g/mol. The molecule has 0 bridgehead atoms. The molecule has 3 nitrogen and oxygen atoms in total. The minimum atomic E-state index is 0.301. The third-order valence-electron chi connectivity index (χ3n) is 3.82. The molecule has 0 aliphatic carbocycles. The largest absolute Gasteiger partial charge is 0.338 e. The Morgan fingerprint density at radius 3 is 2.11 bits per heavy atom. The van der Waals surface area contributed by atoms with Crippen LogP contribution < -0.4 is 5.73 Å². The fourth-order valence-corrected chi connectivity index (χ4v) is 2.58. The molecule has 0 saturated heterocycles. The first kappa shape index (κ1) is 18.4. The van der Waals surface area contributed by atoms with Crippen molar-refractivity contribution >= 4 is 5.91 Å². The standard InChI is InChI=1S/C16H34N2O/c1-4-7-8-9-10-11-12-16(19)18(14-13-17)15(5-2)6-3/h15H,4-14,17H2,1-3H3. The number of nitrogens with two attached hydrogens (primary N) is 1. The molecule has 0 aliphatic rings. The zero-order chi connectivity index (χ0) is 14.5. The summed E-state index contributed by atoms with van der Waals surface area (Å²) in [5.41, 5.74) is 5.63. The van der Waals surface area contributed by atoms with Crippen LogP contribution in [0.4, 0.5) is 0 Å². The molecule has 0 unspecified atom stereocenters. The first-order valence-corrected chi connectivity index (χ1v) is 8.20. The molecular formula is C16H34N2O. The average molecular weight is 270 g/mol. The molecule has 0 rings (SSSR count). The number of hydrogen-bond donors (Lipinski definition) is 1. The van der Waals surface area contributed by atoms with E-state index in [0.717, 1.165) is 19.3 Å². The number of nitrogens with zero attached hydrogens (tertiary/aromatic N) is 1. The molecule has 0 spiro atoms. The Kier molecular flexibility index (Phi) is 12.1. The molecule has 0 aliphatic heterocycles. The lowest BCUT2D eigenvalue weighted by atomic mass is 10.1. The van der Waals surface area contributed by atoms with Crippen LogP contribution >= 0.6 is 0 Å². The van der Waals surface area contributed by atoms with E-state index in [1.165, 1.54) is 32.1 Å². The number of unbranched alkanes of at least 4 members (excludes halogenated alkanes) is 5. The van der Waals surface area contributed by atoms with Crippen molar-refractivity contribution in [3.05, 3.63) is 0 Å². The van der Waals surface area contributed by atoms with E-state index in [1.54, 1.807) is 0 Å². The average Bonchev–Trinajstić information content (AvgIpc) is 2.42. The Hall–Kier alpha value is -0.570. The van der Waals surface area contributed by atoms with Gasteiger partial charge in [-0.05, 0) is 19.3 Å². The Morgan fingerprint density at radius 2 is 1.58 bits per heavy atom. The van der Waals surface area contributed by atoms with Crippen LogP contribution in [0.15, 0.2) is 0 Å². The van der Waals surface area contributed by atoms with Crippen molar-refractivity contribution in [2.24, 2.45) is 5.73 Å². The molecule has 3 heteroatoms. The first-order valence-electron chi connectivity index (χ1n) is 8.20. The molecule has 0 aromatic carbocycles. The van der Waals surface area contributed by atoms with Gasteiger partial charge in [-0.1, -0.05) is 52.9 Å². The van der Waals surface area contributed by atoms with Gasteiger partial charge < -0.3 is 10.6 Å². The van der Waals surface area contributed by atoms with Crippen molar-refractivity contribution in [1.82, 2.24) is 4.90 Å². The van der Waals surface area contributed by atoms with Crippen molar-refractivity contribution in [3.63, 3.8) is 0 Å². The van der Waals surface area contributed by atoms with Gasteiger partial charge in [0.25, 0.3) is 0 Å². The zero-order valence-electron chi connectivity index (χ0n) is 13.3. The topological polar surface area (TPSA) is 46.3 Å². The van der Waals surface area contributed by atoms with Gasteiger partial charge in [0.1, 0.15) is 0 Å². The second kappa shape index (κ2) is 12.5. The summed E-state index contributed by atoms with van der Waals surface area (Å²) in [6.07, 6.45) is 10.1. The molecule has 2 N–H and O–H groups in total. The Morgan fingerprint density at radius 1 is 1.00 bits per heavy atom. The Labute approximate surface area is 119 Å². The third kappa shape index (κ3) is 8.25. The predicted octanol–water partition coefficient (Wildman–Crippen LogP) is 3.71. The summed E-state index contributed by atoms with van der Waals surface area (Å²) in [4.78, 5) is 14.3. The highest BCUT2D eigenvalue weighted by molar-refractivity contribution is 5.76. The van der Waals surface area contributed by atoms with Crippen LogP contribution in [-0.4, -0.2) is 29.9 Å². The Balaban J connectivity index is 3.97. The molecule has 1 amide bonds. The fraction of sp³-hybridized carbons (Fsp3) is 0.938. The van der Waals surface area contributed by atoms with E-state index in [2.05, 4.69) is 20.8 Å². The van der Waals surface area contributed by atoms with Crippen LogP contribution in [-0.2, 0) is 4.79 Å². The zero-order valence-corrected chi connectivity index (χ0v) is 13.3. The maximum Gasteiger partial charge on any atom is 0.222 e. The van der Waals surface area contributed by atoms with E-state index in [9.17, 15) is 4.79 Å². The van der Waals surface area contributed by atoms with Crippen molar-refractivity contribution < 1.29 is 4.79 Å². The molecule has 0 aromatic heterocycles. The van der Waals surface area contributed by atoms with Crippen LogP contribution in [0.25, 0.3) is 0 Å². The molecule has 0 radical (unpaired) electrons. The maximum atomic E-state index is 12.3. The summed E-state index contributed by atoms with van der Waals surface area (Å²) >= 11 is 0. The summed E-state index contributed by atoms with van der Waals surface area (Å²) in [5, 5.41) is 0. The van der Waals surface area contributed by atoms with Crippen molar-refractivity contribution in [2.75, 3.05) is 13.1 Å². The number of hydrogen-bond acceptors (Lipinski definition) is 2. The molecule has 0 saturated carbocycles. The van der Waals surface area contributed by atoms with E-state index < -0.39 is 0 Å². The van der Waals surface area contributed by atoms with Gasteiger partial charge in [-0.25, -0.2) is 0 Å². The lowest BCUT2D eigenvalue weighted by molar-refractivity contribution is -0.133. The van der Waals surface area contributed by atoms with Gasteiger partial charge in [-0.3, -0.25) is 4.79 Å². The van der Waals surface area contributed by atoms with E-state index >= 15 is 0 Å². The number of rotatable bonds is 12. The van der Waals surface area contributed by atoms with Gasteiger partial charge in [-0.2, -0.15) is 0 Å². The quantitative estimate of drug-likeness (QED) is 0.549. The summed E-state index contributed by atoms with van der Waals surface area (Å²) in [6.45, 7) is 7.80. The maximum absolute atomic E-state index is 12.3. The number of amides is 1. The van der Waals surface area contributed by atoms with Gasteiger partial charge >= 0.3 is 0 Å². The lowest BCUT2D eigenvalue weighted by Gasteiger charge is -2.30. The van der Waals surface area contributed by atoms with Gasteiger partial charge in [-0.15, -0.1) is 0 Å². The minimum absolute atomic E-state index is 0.301. The van der Waals surface area contributed by atoms with Gasteiger partial charge in [0.05, 0.1) is 0 Å². The highest BCUT2D eigenvalue weighted by Gasteiger charge is 2.19. The second-order valence-corrected chi connectivity index (χ2v) is 5.36. The second-order valence-electron chi connectivity index (χ2n) is 5.36. The van der Waals surface area contributed by atoms with Crippen molar-refractivity contribution in [2.45, 2.75) is 84.6 Å². The van der Waals surface area contributed by atoms with E-state index in [1.807, 2.05) is 4.90 Å². The molecule has 0 fully saturated rings. The van der Waals surface area contributed by atoms with E-state index in [-0.39, 0.29) is 0 Å². The van der Waals surface area contributed by atoms with Crippen LogP contribution in [0, 0.1) is 0 Å². The number of carbonyl (C=O) groups excluding carboxylic acids is 1. The normalized spacial score (nSPS) is 11.0. The highest BCUT2D eigenvalue weighted by Crippen LogP contribution is 2.13. The third-order valence-corrected chi connectivity index (χ3v) is 3.82. The predicted molar refractivity (Wildman–Crippen MR) is 83.1 cm³/mol. The van der Waals surface area contributed by atoms with Gasteiger partial charge in [0, 0.05) is 25.6 Å². The van der Waals surface area contributed by atoms with Gasteiger partial charge in [0.15, 0.2) is 0 Å². The molecule has 0 atom stereocenters. The Bertz CT molecular complexity index is 215. The molecule has 0 heterocycles. The van der Waals surface area contributed by atoms with Crippen LogP contribution in [0.5, 0.6) is 0 Å². The smallest absolute Gasteiger partial charge is 0.222 e. The van der Waals surface area contributed by atoms with Crippen LogP contribution in [0.2, 0.25) is 0 Å². The van der Waals surface area contributed by atoms with Gasteiger partial charge in [0.2, 0.25) is 5.91 Å². The summed E-state index contributed by atoms with van der Waals surface area (Å²) < 4.78 is 0. The number of carbonyl (C=O) groups is 1. The SMILES string of the molecule is CCCCCCCCC(=O)N(CCN)C(CC)CC. The van der Waals surface area contributed by atoms with Crippen molar-refractivity contribution in [3.8, 4) is 0 Å². The first-order chi connectivity index (χ1) is 9.21. The monoisotopic (exact) mass is 270 g/mol. The molecule has 19 heavy (non-hydrogen) atoms. The van der Waals surface area contributed by atoms with Crippen LogP contribution in [0.1, 0.15) is 78.6 Å². The summed E-state index contributed by atoms with van der Waals surface area (Å²) in [7, 11) is 0. The molecule has 114 valence electrons. The van der Waals surface area contributed by atoms with Crippen LogP contribution in [0.3, 0.4) is 0 Å². The molecule has 0 aromatic rings. The summed E-state index contributed by atoms with van der Waals surface area (Å²) in [5.74, 6) is 0.301. The van der Waals surface area contributed by atoms with Crippen molar-refractivity contribution in [1.29, 1.82) is 0 Å². The fourth-order valence-electron chi connectivity index (χ4n) is 2.58. The highest BCUT2D eigenvalue weighted by atomic mass is 16.2. The van der Waals surface area contributed by atoms with E-state index in [0.29, 0.717) is 31.5 Å². The van der Waals surface area contributed by atoms with E-state index in [4.69, 9.17) is 5.73 Å². The minimum Gasteiger partial charge on any atom is -0.338 e. The summed E-state index contributed by atoms with van der Waals surface area (Å²) in [6, 6.07) is 0.371.